The van der Waals surface area contributed by atoms with Gasteiger partial charge in [0.1, 0.15) is 0 Å². The fourth-order valence-electron chi connectivity index (χ4n) is 2.19. The number of rotatable bonds is 3. The van der Waals surface area contributed by atoms with E-state index in [4.69, 9.17) is 28.9 Å². The Morgan fingerprint density at radius 3 is 2.26 bits per heavy atom. The van der Waals surface area contributed by atoms with Gasteiger partial charge in [0, 0.05) is 21.5 Å². The summed E-state index contributed by atoms with van der Waals surface area (Å²) in [6.07, 6.45) is 0. The van der Waals surface area contributed by atoms with Crippen LogP contribution in [0.15, 0.2) is 48.5 Å². The number of nitrogens with two attached hydrogens (primary N) is 1. The van der Waals surface area contributed by atoms with Crippen molar-refractivity contribution in [3.05, 3.63) is 69.7 Å². The predicted octanol–water partition coefficient (Wildman–Crippen LogP) is 4.97. The summed E-state index contributed by atoms with van der Waals surface area (Å²) in [5.41, 5.74) is 8.26. The lowest BCUT2D eigenvalue weighted by Crippen LogP contribution is -2.33. The zero-order valence-corrected chi connectivity index (χ0v) is 12.5. The van der Waals surface area contributed by atoms with Gasteiger partial charge >= 0.3 is 0 Å². The molecule has 0 spiro atoms. The van der Waals surface area contributed by atoms with Crippen molar-refractivity contribution in [2.45, 2.75) is 25.3 Å². The maximum Gasteiger partial charge on any atom is 0.0455 e. The summed E-state index contributed by atoms with van der Waals surface area (Å²) in [4.78, 5) is 0. The smallest absolute Gasteiger partial charge is 0.0455 e. The molecule has 0 saturated heterocycles. The van der Waals surface area contributed by atoms with Gasteiger partial charge in [0.05, 0.1) is 0 Å². The Morgan fingerprint density at radius 1 is 1.00 bits per heavy atom. The maximum absolute atomic E-state index is 6.43. The summed E-state index contributed by atoms with van der Waals surface area (Å²) in [7, 11) is 0. The molecule has 0 aliphatic heterocycles. The largest absolute Gasteiger partial charge is 0.323 e. The summed E-state index contributed by atoms with van der Waals surface area (Å²) in [6.45, 7) is 4.23. The normalized spacial score (nSPS) is 13.3. The van der Waals surface area contributed by atoms with Crippen LogP contribution in [-0.4, -0.2) is 0 Å². The zero-order valence-electron chi connectivity index (χ0n) is 11.0. The molecule has 2 aromatic rings. The molecule has 2 N–H and O–H groups in total. The third kappa shape index (κ3) is 2.94. The molecule has 19 heavy (non-hydrogen) atoms. The molecule has 0 aromatic heterocycles. The lowest BCUT2D eigenvalue weighted by atomic mass is 9.75. The number of hydrogen-bond acceptors (Lipinski definition) is 1. The van der Waals surface area contributed by atoms with Gasteiger partial charge in [0.25, 0.3) is 0 Å². The van der Waals surface area contributed by atoms with Crippen LogP contribution in [0.4, 0.5) is 0 Å². The van der Waals surface area contributed by atoms with E-state index in [1.807, 2.05) is 24.3 Å². The van der Waals surface area contributed by atoms with Gasteiger partial charge in [0.2, 0.25) is 0 Å². The molecule has 0 fully saturated rings. The van der Waals surface area contributed by atoms with Gasteiger partial charge in [-0.1, -0.05) is 67.4 Å². The van der Waals surface area contributed by atoms with Crippen molar-refractivity contribution in [2.24, 2.45) is 5.73 Å². The summed E-state index contributed by atoms with van der Waals surface area (Å²) >= 11 is 12.3. The van der Waals surface area contributed by atoms with Crippen molar-refractivity contribution < 1.29 is 0 Å². The Balaban J connectivity index is 2.43. The number of hydrogen-bond donors (Lipinski definition) is 1. The van der Waals surface area contributed by atoms with E-state index in [1.54, 1.807) is 12.1 Å². The second kappa shape index (κ2) is 5.54. The van der Waals surface area contributed by atoms with Gasteiger partial charge in [-0.25, -0.2) is 0 Å². The van der Waals surface area contributed by atoms with E-state index < -0.39 is 0 Å². The van der Waals surface area contributed by atoms with Crippen molar-refractivity contribution >= 4 is 23.2 Å². The van der Waals surface area contributed by atoms with E-state index in [0.29, 0.717) is 10.0 Å². The molecule has 0 radical (unpaired) electrons. The minimum absolute atomic E-state index is 0.221. The van der Waals surface area contributed by atoms with Crippen LogP contribution in [-0.2, 0) is 5.41 Å². The van der Waals surface area contributed by atoms with Crippen LogP contribution in [0, 0.1) is 0 Å². The molecule has 3 heteroatoms. The minimum Gasteiger partial charge on any atom is -0.323 e. The van der Waals surface area contributed by atoms with Gasteiger partial charge in [0.15, 0.2) is 0 Å². The molecule has 1 atom stereocenters. The SMILES string of the molecule is CC(C)(c1ccccc1)C(N)c1cc(Cl)ccc1Cl. The quantitative estimate of drug-likeness (QED) is 0.849. The Labute approximate surface area is 124 Å². The van der Waals surface area contributed by atoms with Crippen molar-refractivity contribution in [3.63, 3.8) is 0 Å². The predicted molar refractivity (Wildman–Crippen MR) is 82.9 cm³/mol. The third-order valence-corrected chi connectivity index (χ3v) is 4.17. The van der Waals surface area contributed by atoms with Crippen molar-refractivity contribution in [1.82, 2.24) is 0 Å². The topological polar surface area (TPSA) is 26.0 Å². The van der Waals surface area contributed by atoms with Crippen molar-refractivity contribution in [3.8, 4) is 0 Å². The zero-order chi connectivity index (χ0) is 14.0. The van der Waals surface area contributed by atoms with Crippen LogP contribution in [0.3, 0.4) is 0 Å². The molecular formula is C16H17Cl2N. The lowest BCUT2D eigenvalue weighted by Gasteiger charge is -2.33. The van der Waals surface area contributed by atoms with Gasteiger partial charge in [-0.2, -0.15) is 0 Å². The van der Waals surface area contributed by atoms with Crippen LogP contribution < -0.4 is 5.73 Å². The molecule has 2 rings (SSSR count). The van der Waals surface area contributed by atoms with E-state index >= 15 is 0 Å². The van der Waals surface area contributed by atoms with Crippen LogP contribution in [0.1, 0.15) is 31.0 Å². The first kappa shape index (κ1) is 14.4. The molecule has 1 unspecified atom stereocenters. The highest BCUT2D eigenvalue weighted by molar-refractivity contribution is 6.33. The van der Waals surface area contributed by atoms with Crippen LogP contribution >= 0.6 is 23.2 Å². The standard InChI is InChI=1S/C16H17Cl2N/c1-16(2,11-6-4-3-5-7-11)15(19)13-10-12(17)8-9-14(13)18/h3-10,15H,19H2,1-2H3. The summed E-state index contributed by atoms with van der Waals surface area (Å²) in [5, 5.41) is 1.31. The molecule has 2 aromatic carbocycles. The van der Waals surface area contributed by atoms with Gasteiger partial charge in [-0.05, 0) is 29.3 Å². The van der Waals surface area contributed by atoms with Crippen molar-refractivity contribution in [2.75, 3.05) is 0 Å². The summed E-state index contributed by atoms with van der Waals surface area (Å²) in [5.74, 6) is 0. The average Bonchev–Trinajstić information content (AvgIpc) is 2.41. The van der Waals surface area contributed by atoms with E-state index in [0.717, 1.165) is 5.56 Å². The Morgan fingerprint density at radius 2 is 1.63 bits per heavy atom. The van der Waals surface area contributed by atoms with E-state index in [2.05, 4.69) is 26.0 Å². The van der Waals surface area contributed by atoms with Crippen LogP contribution in [0.2, 0.25) is 10.0 Å². The minimum atomic E-state index is -0.227. The van der Waals surface area contributed by atoms with Crippen LogP contribution in [0.5, 0.6) is 0 Å². The second-order valence-electron chi connectivity index (χ2n) is 5.23. The van der Waals surface area contributed by atoms with Crippen LogP contribution in [0.25, 0.3) is 0 Å². The van der Waals surface area contributed by atoms with Gasteiger partial charge in [-0.15, -0.1) is 0 Å². The third-order valence-electron chi connectivity index (χ3n) is 3.59. The lowest BCUT2D eigenvalue weighted by molar-refractivity contribution is 0.421. The first-order valence-corrected chi connectivity index (χ1v) is 6.94. The average molecular weight is 294 g/mol. The van der Waals surface area contributed by atoms with Crippen molar-refractivity contribution in [1.29, 1.82) is 0 Å². The molecule has 0 amide bonds. The fourth-order valence-corrected chi connectivity index (χ4v) is 2.60. The Bertz CT molecular complexity index is 564. The first-order chi connectivity index (χ1) is 8.93. The molecule has 0 saturated carbocycles. The molecule has 100 valence electrons. The molecule has 0 aliphatic rings. The Kier molecular flexibility index (Phi) is 4.19. The molecule has 0 bridgehead atoms. The second-order valence-corrected chi connectivity index (χ2v) is 6.07. The first-order valence-electron chi connectivity index (χ1n) is 6.19. The van der Waals surface area contributed by atoms with E-state index in [-0.39, 0.29) is 11.5 Å². The van der Waals surface area contributed by atoms with Gasteiger partial charge in [-0.3, -0.25) is 0 Å². The highest BCUT2D eigenvalue weighted by atomic mass is 35.5. The van der Waals surface area contributed by atoms with E-state index in [9.17, 15) is 0 Å². The fraction of sp³-hybridized carbons (Fsp3) is 0.250. The number of benzene rings is 2. The molecule has 0 aliphatic carbocycles. The Hall–Kier alpha value is -1.02. The monoisotopic (exact) mass is 293 g/mol. The number of halogens is 2. The molecular weight excluding hydrogens is 277 g/mol. The summed E-state index contributed by atoms with van der Waals surface area (Å²) < 4.78 is 0. The highest BCUT2D eigenvalue weighted by Crippen LogP contribution is 2.38. The molecule has 0 heterocycles. The van der Waals surface area contributed by atoms with E-state index in [1.165, 1.54) is 5.56 Å². The van der Waals surface area contributed by atoms with Gasteiger partial charge < -0.3 is 5.73 Å². The molecule has 1 nitrogen and oxygen atoms in total. The highest BCUT2D eigenvalue weighted by Gasteiger charge is 2.30. The maximum atomic E-state index is 6.43. The summed E-state index contributed by atoms with van der Waals surface area (Å²) in [6, 6.07) is 15.4.